The van der Waals surface area contributed by atoms with Crippen LogP contribution in [0.25, 0.3) is 11.5 Å². The van der Waals surface area contributed by atoms with Crippen molar-refractivity contribution >= 4 is 21.8 Å². The molecule has 16 heavy (non-hydrogen) atoms. The summed E-state index contributed by atoms with van der Waals surface area (Å²) in [5, 5.41) is 8.74. The molecule has 0 atom stereocenters. The molecule has 2 rings (SSSR count). The Labute approximate surface area is 101 Å². The second-order valence-electron chi connectivity index (χ2n) is 3.33. The Bertz CT molecular complexity index is 583. The lowest BCUT2D eigenvalue weighted by Crippen LogP contribution is -1.84. The monoisotopic (exact) mass is 277 g/mol. The molecule has 0 aliphatic rings. The molecule has 4 nitrogen and oxygen atoms in total. The first-order valence-electron chi connectivity index (χ1n) is 4.54. The highest BCUT2D eigenvalue weighted by atomic mass is 79.9. The highest BCUT2D eigenvalue weighted by Gasteiger charge is 2.14. The number of hydrogen-bond donors (Lipinski definition) is 1. The minimum Gasteiger partial charge on any atom is -0.419 e. The lowest BCUT2D eigenvalue weighted by atomic mass is 10.1. The maximum absolute atomic E-state index is 8.74. The fourth-order valence-corrected chi connectivity index (χ4v) is 1.75. The molecule has 0 aliphatic carbocycles. The van der Waals surface area contributed by atoms with Crippen molar-refractivity contribution in [3.05, 3.63) is 33.9 Å². The number of rotatable bonds is 1. The lowest BCUT2D eigenvalue weighted by molar-refractivity contribution is 0.593. The van der Waals surface area contributed by atoms with Crippen LogP contribution in [-0.4, -0.2) is 4.98 Å². The molecule has 80 valence electrons. The van der Waals surface area contributed by atoms with Gasteiger partial charge in [0.05, 0.1) is 5.56 Å². The molecule has 0 saturated heterocycles. The van der Waals surface area contributed by atoms with Crippen LogP contribution in [0.2, 0.25) is 0 Å². The number of aryl methyl sites for hydroxylation is 1. The van der Waals surface area contributed by atoms with Gasteiger partial charge in [0.25, 0.3) is 0 Å². The predicted octanol–water partition coefficient (Wildman–Crippen LogP) is 2.87. The lowest BCUT2D eigenvalue weighted by Gasteiger charge is -2.00. The number of anilines is 1. The van der Waals surface area contributed by atoms with Crippen LogP contribution >= 0.6 is 15.9 Å². The molecular weight excluding hydrogens is 270 g/mol. The number of nitrogens with zero attached hydrogens (tertiary/aromatic N) is 2. The number of nitriles is 1. The first-order valence-corrected chi connectivity index (χ1v) is 5.34. The molecular formula is C11H8BrN3O. The van der Waals surface area contributed by atoms with Gasteiger partial charge in [-0.3, -0.25) is 0 Å². The standard InChI is InChI=1S/C11H8BrN3O/c1-6-2-3-8(12)7(4-6)11-15-9(5-13)10(14)16-11/h2-4H,14H2,1H3. The maximum atomic E-state index is 8.74. The van der Waals surface area contributed by atoms with Crippen LogP contribution < -0.4 is 5.73 Å². The van der Waals surface area contributed by atoms with Crippen molar-refractivity contribution in [2.45, 2.75) is 6.92 Å². The topological polar surface area (TPSA) is 75.8 Å². The highest BCUT2D eigenvalue weighted by Crippen LogP contribution is 2.30. The molecule has 2 N–H and O–H groups in total. The SMILES string of the molecule is Cc1ccc(Br)c(-c2nc(C#N)c(N)o2)c1. The second kappa shape index (κ2) is 3.99. The summed E-state index contributed by atoms with van der Waals surface area (Å²) in [5.74, 6) is 0.399. The zero-order valence-corrected chi connectivity index (χ0v) is 10.1. The summed E-state index contributed by atoms with van der Waals surface area (Å²) in [4.78, 5) is 4.02. The molecule has 0 bridgehead atoms. The zero-order valence-electron chi connectivity index (χ0n) is 8.49. The van der Waals surface area contributed by atoms with Gasteiger partial charge in [0, 0.05) is 4.47 Å². The van der Waals surface area contributed by atoms with E-state index in [1.165, 1.54) is 0 Å². The van der Waals surface area contributed by atoms with Gasteiger partial charge < -0.3 is 10.2 Å². The van der Waals surface area contributed by atoms with E-state index in [2.05, 4.69) is 20.9 Å². The van der Waals surface area contributed by atoms with E-state index in [9.17, 15) is 0 Å². The summed E-state index contributed by atoms with van der Waals surface area (Å²) >= 11 is 3.40. The fourth-order valence-electron chi connectivity index (χ4n) is 1.33. The second-order valence-corrected chi connectivity index (χ2v) is 4.18. The summed E-state index contributed by atoms with van der Waals surface area (Å²) in [7, 11) is 0. The van der Waals surface area contributed by atoms with Gasteiger partial charge in [0.2, 0.25) is 17.5 Å². The van der Waals surface area contributed by atoms with E-state index in [-0.39, 0.29) is 11.6 Å². The van der Waals surface area contributed by atoms with Crippen LogP contribution in [0.1, 0.15) is 11.3 Å². The number of oxazole rings is 1. The van der Waals surface area contributed by atoms with Crippen molar-refractivity contribution in [2.75, 3.05) is 5.73 Å². The molecule has 0 radical (unpaired) electrons. The van der Waals surface area contributed by atoms with Crippen molar-refractivity contribution < 1.29 is 4.42 Å². The summed E-state index contributed by atoms with van der Waals surface area (Å²) in [6.07, 6.45) is 0. The number of hydrogen-bond acceptors (Lipinski definition) is 4. The Hall–Kier alpha value is -1.80. The Morgan fingerprint density at radius 1 is 1.50 bits per heavy atom. The van der Waals surface area contributed by atoms with Gasteiger partial charge in [-0.05, 0) is 35.0 Å². The third-order valence-corrected chi connectivity index (χ3v) is 2.80. The van der Waals surface area contributed by atoms with Gasteiger partial charge >= 0.3 is 0 Å². The summed E-state index contributed by atoms with van der Waals surface area (Å²) in [5.41, 5.74) is 7.49. The number of benzene rings is 1. The highest BCUT2D eigenvalue weighted by molar-refractivity contribution is 9.10. The predicted molar refractivity (Wildman–Crippen MR) is 63.5 cm³/mol. The minimum atomic E-state index is 0.0471. The van der Waals surface area contributed by atoms with Crippen molar-refractivity contribution in [3.63, 3.8) is 0 Å². The molecule has 0 fully saturated rings. The van der Waals surface area contributed by atoms with E-state index < -0.39 is 0 Å². The van der Waals surface area contributed by atoms with Gasteiger partial charge in [-0.15, -0.1) is 0 Å². The van der Waals surface area contributed by atoms with E-state index in [1.54, 1.807) is 0 Å². The number of nitrogen functional groups attached to an aromatic ring is 1. The van der Waals surface area contributed by atoms with Crippen molar-refractivity contribution in [2.24, 2.45) is 0 Å². The van der Waals surface area contributed by atoms with E-state index in [0.29, 0.717) is 5.89 Å². The molecule has 1 aromatic carbocycles. The van der Waals surface area contributed by atoms with Crippen LogP contribution in [0.3, 0.4) is 0 Å². The fraction of sp³-hybridized carbons (Fsp3) is 0.0909. The van der Waals surface area contributed by atoms with Crippen LogP contribution in [0, 0.1) is 18.3 Å². The molecule has 0 saturated carbocycles. The smallest absolute Gasteiger partial charge is 0.231 e. The van der Waals surface area contributed by atoms with Crippen molar-refractivity contribution in [1.29, 1.82) is 5.26 Å². The van der Waals surface area contributed by atoms with Crippen molar-refractivity contribution in [1.82, 2.24) is 4.98 Å². The van der Waals surface area contributed by atoms with E-state index >= 15 is 0 Å². The third kappa shape index (κ3) is 1.79. The zero-order chi connectivity index (χ0) is 11.7. The normalized spacial score (nSPS) is 10.1. The Balaban J connectivity index is 2.59. The average Bonchev–Trinajstić information content (AvgIpc) is 2.63. The van der Waals surface area contributed by atoms with Crippen LogP contribution in [0.4, 0.5) is 5.88 Å². The van der Waals surface area contributed by atoms with Gasteiger partial charge in [-0.2, -0.15) is 10.2 Å². The molecule has 1 heterocycles. The Morgan fingerprint density at radius 3 is 2.88 bits per heavy atom. The summed E-state index contributed by atoms with van der Waals surface area (Å²) < 4.78 is 6.09. The number of halogens is 1. The van der Waals surface area contributed by atoms with Gasteiger partial charge in [-0.25, -0.2) is 0 Å². The maximum Gasteiger partial charge on any atom is 0.231 e. The van der Waals surface area contributed by atoms with Crippen molar-refractivity contribution in [3.8, 4) is 17.5 Å². The Kier molecular flexibility index (Phi) is 2.67. The van der Waals surface area contributed by atoms with Gasteiger partial charge in [0.1, 0.15) is 6.07 Å². The Morgan fingerprint density at radius 2 is 2.25 bits per heavy atom. The molecule has 2 aromatic rings. The van der Waals surface area contributed by atoms with Crippen LogP contribution in [0.5, 0.6) is 0 Å². The molecule has 0 aliphatic heterocycles. The molecule has 1 aromatic heterocycles. The average molecular weight is 278 g/mol. The van der Waals surface area contributed by atoms with E-state index in [4.69, 9.17) is 15.4 Å². The first-order chi connectivity index (χ1) is 7.61. The minimum absolute atomic E-state index is 0.0471. The quantitative estimate of drug-likeness (QED) is 0.870. The summed E-state index contributed by atoms with van der Waals surface area (Å²) in [6.45, 7) is 1.97. The van der Waals surface area contributed by atoms with Crippen LogP contribution in [0.15, 0.2) is 27.1 Å². The first kappa shape index (κ1) is 10.7. The molecule has 5 heteroatoms. The summed E-state index contributed by atoms with van der Waals surface area (Å²) in [6, 6.07) is 7.65. The third-order valence-electron chi connectivity index (χ3n) is 2.11. The molecule has 0 amide bonds. The number of nitrogens with two attached hydrogens (primary N) is 1. The largest absolute Gasteiger partial charge is 0.419 e. The molecule has 0 spiro atoms. The van der Waals surface area contributed by atoms with Crippen LogP contribution in [-0.2, 0) is 0 Å². The number of aromatic nitrogens is 1. The van der Waals surface area contributed by atoms with Gasteiger partial charge in [-0.1, -0.05) is 11.6 Å². The molecule has 0 unspecified atom stereocenters. The van der Waals surface area contributed by atoms with Gasteiger partial charge in [0.15, 0.2) is 0 Å². The van der Waals surface area contributed by atoms with E-state index in [0.717, 1.165) is 15.6 Å². The van der Waals surface area contributed by atoms with E-state index in [1.807, 2.05) is 31.2 Å².